The summed E-state index contributed by atoms with van der Waals surface area (Å²) in [5, 5.41) is 10.2. The molecule has 0 fully saturated rings. The Labute approximate surface area is 112 Å². The number of halogens is 1. The Balaban J connectivity index is 2.28. The highest BCUT2D eigenvalue weighted by Gasteiger charge is 2.17. The Morgan fingerprint density at radius 2 is 2.16 bits per heavy atom. The molecular weight excluding hydrogens is 265 g/mol. The Morgan fingerprint density at radius 3 is 2.89 bits per heavy atom. The molecule has 0 saturated carbocycles. The van der Waals surface area contributed by atoms with E-state index in [0.717, 1.165) is 4.70 Å². The number of fused-ring (bicyclic) bond motifs is 1. The standard InChI is InChI=1S/C14H10FNO2S/c1-18-10-5-6-16-11-12(17)13(19-14(10)11)8-3-2-4-9(15)7-8/h2-7,17H,1H3. The van der Waals surface area contributed by atoms with Crippen LogP contribution in [0.25, 0.3) is 20.7 Å². The zero-order valence-corrected chi connectivity index (χ0v) is 10.9. The van der Waals surface area contributed by atoms with Crippen LogP contribution in [0.5, 0.6) is 11.5 Å². The molecule has 0 radical (unpaired) electrons. The summed E-state index contributed by atoms with van der Waals surface area (Å²) in [5.74, 6) is 0.367. The predicted octanol–water partition coefficient (Wildman–Crippen LogP) is 3.82. The van der Waals surface area contributed by atoms with Crippen molar-refractivity contribution in [3.05, 3.63) is 42.3 Å². The number of pyridine rings is 1. The van der Waals surface area contributed by atoms with Crippen molar-refractivity contribution in [2.45, 2.75) is 0 Å². The number of hydrogen-bond donors (Lipinski definition) is 1. The van der Waals surface area contributed by atoms with Crippen LogP contribution in [0.2, 0.25) is 0 Å². The van der Waals surface area contributed by atoms with Crippen molar-refractivity contribution >= 4 is 21.6 Å². The van der Waals surface area contributed by atoms with Gasteiger partial charge in [-0.1, -0.05) is 12.1 Å². The maximum Gasteiger partial charge on any atom is 0.160 e. The van der Waals surface area contributed by atoms with Crippen molar-refractivity contribution in [3.63, 3.8) is 0 Å². The number of aromatic hydroxyl groups is 1. The number of nitrogens with zero attached hydrogens (tertiary/aromatic N) is 1. The van der Waals surface area contributed by atoms with Gasteiger partial charge < -0.3 is 9.84 Å². The van der Waals surface area contributed by atoms with Gasteiger partial charge in [0.25, 0.3) is 0 Å². The van der Waals surface area contributed by atoms with Gasteiger partial charge in [-0.25, -0.2) is 4.39 Å². The van der Waals surface area contributed by atoms with Gasteiger partial charge in [-0.3, -0.25) is 4.98 Å². The molecule has 96 valence electrons. The molecule has 0 unspecified atom stereocenters. The molecule has 0 amide bonds. The molecule has 1 aromatic carbocycles. The molecule has 5 heteroatoms. The summed E-state index contributed by atoms with van der Waals surface area (Å²) in [6.45, 7) is 0. The quantitative estimate of drug-likeness (QED) is 0.773. The molecule has 3 aromatic rings. The maximum atomic E-state index is 13.3. The van der Waals surface area contributed by atoms with E-state index < -0.39 is 0 Å². The summed E-state index contributed by atoms with van der Waals surface area (Å²) in [7, 11) is 1.56. The molecule has 0 atom stereocenters. The van der Waals surface area contributed by atoms with Gasteiger partial charge in [0, 0.05) is 6.20 Å². The second kappa shape index (κ2) is 4.51. The third kappa shape index (κ3) is 1.92. The van der Waals surface area contributed by atoms with Crippen LogP contribution in [0.1, 0.15) is 0 Å². The smallest absolute Gasteiger partial charge is 0.160 e. The minimum atomic E-state index is -0.339. The highest BCUT2D eigenvalue weighted by molar-refractivity contribution is 7.23. The SMILES string of the molecule is COc1ccnc2c(O)c(-c3cccc(F)c3)sc12. The molecule has 2 aromatic heterocycles. The molecule has 0 spiro atoms. The van der Waals surface area contributed by atoms with Crippen molar-refractivity contribution in [3.8, 4) is 21.9 Å². The second-order valence-corrected chi connectivity index (χ2v) is 5.00. The van der Waals surface area contributed by atoms with E-state index in [4.69, 9.17) is 4.74 Å². The van der Waals surface area contributed by atoms with Gasteiger partial charge in [0.1, 0.15) is 17.1 Å². The van der Waals surface area contributed by atoms with E-state index in [-0.39, 0.29) is 11.6 Å². The summed E-state index contributed by atoms with van der Waals surface area (Å²) in [6.07, 6.45) is 1.57. The Kier molecular flexibility index (Phi) is 2.83. The molecule has 0 saturated heterocycles. The largest absolute Gasteiger partial charge is 0.504 e. The summed E-state index contributed by atoms with van der Waals surface area (Å²) >= 11 is 1.33. The Hall–Kier alpha value is -2.14. The van der Waals surface area contributed by atoms with Gasteiger partial charge in [0.2, 0.25) is 0 Å². The van der Waals surface area contributed by atoms with Gasteiger partial charge in [0.05, 0.1) is 16.7 Å². The van der Waals surface area contributed by atoms with E-state index in [0.29, 0.717) is 21.7 Å². The highest BCUT2D eigenvalue weighted by Crippen LogP contribution is 2.45. The first kappa shape index (κ1) is 11.9. The lowest BCUT2D eigenvalue weighted by molar-refractivity contribution is 0.420. The van der Waals surface area contributed by atoms with E-state index in [9.17, 15) is 9.50 Å². The number of benzene rings is 1. The average Bonchev–Trinajstić information content (AvgIpc) is 2.76. The first-order valence-corrected chi connectivity index (χ1v) is 6.42. The third-order valence-electron chi connectivity index (χ3n) is 2.82. The van der Waals surface area contributed by atoms with E-state index >= 15 is 0 Å². The van der Waals surface area contributed by atoms with Crippen LogP contribution in [-0.4, -0.2) is 17.2 Å². The van der Waals surface area contributed by atoms with Crippen LogP contribution in [0.3, 0.4) is 0 Å². The maximum absolute atomic E-state index is 13.3. The van der Waals surface area contributed by atoms with Crippen LogP contribution in [0.15, 0.2) is 36.5 Å². The first-order valence-electron chi connectivity index (χ1n) is 5.61. The minimum absolute atomic E-state index is 0.0597. The van der Waals surface area contributed by atoms with Crippen LogP contribution in [0, 0.1) is 5.82 Å². The van der Waals surface area contributed by atoms with Crippen molar-refractivity contribution in [2.24, 2.45) is 0 Å². The van der Waals surface area contributed by atoms with Crippen LogP contribution in [0.4, 0.5) is 4.39 Å². The molecule has 3 nitrogen and oxygen atoms in total. The lowest BCUT2D eigenvalue weighted by Crippen LogP contribution is -1.82. The number of methoxy groups -OCH3 is 1. The topological polar surface area (TPSA) is 42.4 Å². The van der Waals surface area contributed by atoms with E-state index in [1.165, 1.54) is 23.5 Å². The van der Waals surface area contributed by atoms with Gasteiger partial charge in [-0.2, -0.15) is 0 Å². The summed E-state index contributed by atoms with van der Waals surface area (Å²) in [5.41, 5.74) is 1.10. The zero-order valence-electron chi connectivity index (χ0n) is 10.1. The first-order chi connectivity index (χ1) is 9.20. The summed E-state index contributed by atoms with van der Waals surface area (Å²) in [6, 6.07) is 7.84. The summed E-state index contributed by atoms with van der Waals surface area (Å²) < 4.78 is 19.3. The van der Waals surface area contributed by atoms with Crippen molar-refractivity contribution in [2.75, 3.05) is 7.11 Å². The molecule has 19 heavy (non-hydrogen) atoms. The van der Waals surface area contributed by atoms with Gasteiger partial charge >= 0.3 is 0 Å². The number of hydrogen-bond acceptors (Lipinski definition) is 4. The molecule has 2 heterocycles. The molecule has 0 aliphatic heterocycles. The van der Waals surface area contributed by atoms with Crippen molar-refractivity contribution in [1.82, 2.24) is 4.98 Å². The van der Waals surface area contributed by atoms with Crippen molar-refractivity contribution in [1.29, 1.82) is 0 Å². The van der Waals surface area contributed by atoms with Crippen molar-refractivity contribution < 1.29 is 14.2 Å². The van der Waals surface area contributed by atoms with Crippen LogP contribution < -0.4 is 4.74 Å². The van der Waals surface area contributed by atoms with Crippen LogP contribution in [-0.2, 0) is 0 Å². The highest BCUT2D eigenvalue weighted by atomic mass is 32.1. The Morgan fingerprint density at radius 1 is 1.32 bits per heavy atom. The fourth-order valence-corrected chi connectivity index (χ4v) is 3.08. The lowest BCUT2D eigenvalue weighted by Gasteiger charge is -1.98. The number of ether oxygens (including phenoxy) is 1. The molecule has 0 aliphatic carbocycles. The molecule has 0 aliphatic rings. The third-order valence-corrected chi connectivity index (χ3v) is 4.05. The molecule has 0 bridgehead atoms. The number of rotatable bonds is 2. The van der Waals surface area contributed by atoms with Gasteiger partial charge in [-0.05, 0) is 23.8 Å². The van der Waals surface area contributed by atoms with E-state index in [1.807, 2.05) is 0 Å². The summed E-state index contributed by atoms with van der Waals surface area (Å²) in [4.78, 5) is 4.73. The van der Waals surface area contributed by atoms with E-state index in [1.54, 1.807) is 31.5 Å². The van der Waals surface area contributed by atoms with E-state index in [2.05, 4.69) is 4.98 Å². The van der Waals surface area contributed by atoms with Crippen LogP contribution >= 0.6 is 11.3 Å². The molecule has 1 N–H and O–H groups in total. The monoisotopic (exact) mass is 275 g/mol. The number of thiophene rings is 1. The predicted molar refractivity (Wildman–Crippen MR) is 73.2 cm³/mol. The Bertz CT molecular complexity index is 754. The average molecular weight is 275 g/mol. The lowest BCUT2D eigenvalue weighted by atomic mass is 10.1. The molecular formula is C14H10FNO2S. The fraction of sp³-hybridized carbons (Fsp3) is 0.0714. The molecule has 3 rings (SSSR count). The number of aromatic nitrogens is 1. The second-order valence-electron chi connectivity index (χ2n) is 3.98. The minimum Gasteiger partial charge on any atom is -0.504 e. The normalized spacial score (nSPS) is 10.8. The fourth-order valence-electron chi connectivity index (χ4n) is 1.94. The zero-order chi connectivity index (χ0) is 13.4. The van der Waals surface area contributed by atoms with Gasteiger partial charge in [-0.15, -0.1) is 11.3 Å². The van der Waals surface area contributed by atoms with Gasteiger partial charge in [0.15, 0.2) is 5.75 Å².